The first-order valence-electron chi connectivity index (χ1n) is 8.38. The van der Waals surface area contributed by atoms with Gasteiger partial charge in [0.25, 0.3) is 5.91 Å². The maximum atomic E-state index is 12.6. The molecule has 0 spiro atoms. The van der Waals surface area contributed by atoms with Crippen LogP contribution in [0.5, 0.6) is 0 Å². The average molecular weight is 312 g/mol. The molecule has 3 rings (SSSR count). The average Bonchev–Trinajstić information content (AvgIpc) is 3.11. The predicted octanol–water partition coefficient (Wildman–Crippen LogP) is 2.33. The number of hydrogen-bond acceptors (Lipinski definition) is 3. The number of amides is 1. The molecule has 0 aliphatic carbocycles. The zero-order valence-electron chi connectivity index (χ0n) is 13.6. The molecule has 5 nitrogen and oxygen atoms in total. The van der Waals surface area contributed by atoms with Gasteiger partial charge in [-0.25, -0.2) is 4.68 Å². The molecule has 0 unspecified atom stereocenters. The summed E-state index contributed by atoms with van der Waals surface area (Å²) in [5.41, 5.74) is 1.63. The summed E-state index contributed by atoms with van der Waals surface area (Å²) in [7, 11) is 0. The highest BCUT2D eigenvalue weighted by molar-refractivity contribution is 5.93. The van der Waals surface area contributed by atoms with E-state index in [-0.39, 0.29) is 5.91 Å². The van der Waals surface area contributed by atoms with Crippen molar-refractivity contribution in [2.75, 3.05) is 26.2 Å². The Morgan fingerprint density at radius 2 is 2.00 bits per heavy atom. The van der Waals surface area contributed by atoms with Gasteiger partial charge in [-0.2, -0.15) is 5.10 Å². The van der Waals surface area contributed by atoms with Crippen molar-refractivity contribution in [3.05, 3.63) is 48.3 Å². The molecule has 0 radical (unpaired) electrons. The zero-order valence-corrected chi connectivity index (χ0v) is 13.6. The molecule has 0 bridgehead atoms. The maximum absolute atomic E-state index is 12.6. The Morgan fingerprint density at radius 3 is 2.70 bits per heavy atom. The third-order valence-electron chi connectivity index (χ3n) is 4.44. The van der Waals surface area contributed by atoms with Crippen molar-refractivity contribution in [1.82, 2.24) is 20.0 Å². The summed E-state index contributed by atoms with van der Waals surface area (Å²) in [5.74, 6) is 0.778. The Balaban J connectivity index is 1.60. The first-order chi connectivity index (χ1) is 11.3. The molecule has 1 aromatic heterocycles. The van der Waals surface area contributed by atoms with E-state index in [1.807, 2.05) is 41.4 Å². The van der Waals surface area contributed by atoms with E-state index < -0.39 is 0 Å². The summed E-state index contributed by atoms with van der Waals surface area (Å²) in [5, 5.41) is 7.72. The van der Waals surface area contributed by atoms with Gasteiger partial charge < -0.3 is 10.2 Å². The molecule has 0 saturated carbocycles. The number of piperidine rings is 1. The van der Waals surface area contributed by atoms with E-state index in [2.05, 4.69) is 17.3 Å². The van der Waals surface area contributed by atoms with Crippen molar-refractivity contribution in [1.29, 1.82) is 0 Å². The molecule has 122 valence electrons. The van der Waals surface area contributed by atoms with Crippen LogP contribution in [0.4, 0.5) is 0 Å². The predicted molar refractivity (Wildman–Crippen MR) is 90.7 cm³/mol. The molecule has 1 N–H and O–H groups in total. The fourth-order valence-electron chi connectivity index (χ4n) is 3.03. The van der Waals surface area contributed by atoms with Crippen LogP contribution in [-0.2, 0) is 0 Å². The number of nitrogens with one attached hydrogen (secondary N) is 1. The van der Waals surface area contributed by atoms with Crippen LogP contribution >= 0.6 is 0 Å². The Morgan fingerprint density at radius 1 is 1.26 bits per heavy atom. The molecule has 2 heterocycles. The van der Waals surface area contributed by atoms with Gasteiger partial charge >= 0.3 is 0 Å². The van der Waals surface area contributed by atoms with Crippen LogP contribution in [0, 0.1) is 5.92 Å². The molecule has 2 aromatic rings. The number of nitrogens with zero attached hydrogens (tertiary/aromatic N) is 3. The first-order valence-corrected chi connectivity index (χ1v) is 8.38. The van der Waals surface area contributed by atoms with Crippen LogP contribution in [-0.4, -0.2) is 46.8 Å². The monoisotopic (exact) mass is 312 g/mol. The van der Waals surface area contributed by atoms with Gasteiger partial charge in [-0.3, -0.25) is 4.79 Å². The van der Waals surface area contributed by atoms with Crippen molar-refractivity contribution >= 4 is 5.91 Å². The molecule has 1 saturated heterocycles. The molecule has 0 atom stereocenters. The van der Waals surface area contributed by atoms with Crippen molar-refractivity contribution in [2.24, 2.45) is 5.92 Å². The summed E-state index contributed by atoms with van der Waals surface area (Å²) < 4.78 is 1.76. The standard InChI is InChI=1S/C18H24N4O/c1-2-19-12-15-8-10-21(11-9-15)18(23)16-13-20-22(14-16)17-6-4-3-5-7-17/h3-7,13-15,19H,2,8-12H2,1H3. The summed E-state index contributed by atoms with van der Waals surface area (Å²) in [4.78, 5) is 14.6. The second kappa shape index (κ2) is 7.42. The van der Waals surface area contributed by atoms with E-state index in [4.69, 9.17) is 0 Å². The molecular weight excluding hydrogens is 288 g/mol. The van der Waals surface area contributed by atoms with Gasteiger partial charge in [-0.15, -0.1) is 0 Å². The van der Waals surface area contributed by atoms with Crippen LogP contribution in [0.15, 0.2) is 42.7 Å². The number of aromatic nitrogens is 2. The Labute approximate surface area is 137 Å². The lowest BCUT2D eigenvalue weighted by Crippen LogP contribution is -2.40. The number of para-hydroxylation sites is 1. The number of benzene rings is 1. The first kappa shape index (κ1) is 15.7. The van der Waals surface area contributed by atoms with E-state index in [9.17, 15) is 4.79 Å². The van der Waals surface area contributed by atoms with Gasteiger partial charge in [0.15, 0.2) is 0 Å². The van der Waals surface area contributed by atoms with E-state index >= 15 is 0 Å². The van der Waals surface area contributed by atoms with Gasteiger partial charge in [0.1, 0.15) is 0 Å². The lowest BCUT2D eigenvalue weighted by atomic mass is 9.96. The highest BCUT2D eigenvalue weighted by Gasteiger charge is 2.24. The molecule has 1 amide bonds. The van der Waals surface area contributed by atoms with Crippen molar-refractivity contribution in [2.45, 2.75) is 19.8 Å². The molecule has 1 aliphatic heterocycles. The van der Waals surface area contributed by atoms with Crippen LogP contribution in [0.3, 0.4) is 0 Å². The SMILES string of the molecule is CCNCC1CCN(C(=O)c2cnn(-c3ccccc3)c2)CC1. The number of rotatable bonds is 5. The van der Waals surface area contributed by atoms with Crippen LogP contribution in [0.25, 0.3) is 5.69 Å². The molecule has 5 heteroatoms. The van der Waals surface area contributed by atoms with Gasteiger partial charge in [-0.1, -0.05) is 25.1 Å². The topological polar surface area (TPSA) is 50.2 Å². The van der Waals surface area contributed by atoms with Crippen molar-refractivity contribution in [3.63, 3.8) is 0 Å². The number of hydrogen-bond donors (Lipinski definition) is 1. The molecule has 1 aromatic carbocycles. The minimum Gasteiger partial charge on any atom is -0.339 e. The number of likely N-dealkylation sites (tertiary alicyclic amines) is 1. The molecule has 23 heavy (non-hydrogen) atoms. The third-order valence-corrected chi connectivity index (χ3v) is 4.44. The minimum atomic E-state index is 0.0917. The summed E-state index contributed by atoms with van der Waals surface area (Å²) >= 11 is 0. The smallest absolute Gasteiger partial charge is 0.257 e. The van der Waals surface area contributed by atoms with Crippen LogP contribution in [0.2, 0.25) is 0 Å². The van der Waals surface area contributed by atoms with Crippen LogP contribution in [0.1, 0.15) is 30.1 Å². The Bertz CT molecular complexity index is 629. The van der Waals surface area contributed by atoms with E-state index in [0.29, 0.717) is 11.5 Å². The number of carbonyl (C=O) groups excluding carboxylic acids is 1. The fourth-order valence-corrected chi connectivity index (χ4v) is 3.03. The van der Waals surface area contributed by atoms with Gasteiger partial charge in [0, 0.05) is 19.3 Å². The summed E-state index contributed by atoms with van der Waals surface area (Å²) in [6, 6.07) is 9.86. The van der Waals surface area contributed by atoms with E-state index in [1.54, 1.807) is 10.9 Å². The van der Waals surface area contributed by atoms with Crippen LogP contribution < -0.4 is 5.32 Å². The largest absolute Gasteiger partial charge is 0.339 e. The lowest BCUT2D eigenvalue weighted by molar-refractivity contribution is 0.0690. The minimum absolute atomic E-state index is 0.0917. The van der Waals surface area contributed by atoms with Gasteiger partial charge in [-0.05, 0) is 44.0 Å². The quantitative estimate of drug-likeness (QED) is 0.922. The molecule has 1 fully saturated rings. The van der Waals surface area contributed by atoms with E-state index in [1.165, 1.54) is 0 Å². The second-order valence-electron chi connectivity index (χ2n) is 6.05. The van der Waals surface area contributed by atoms with Crippen molar-refractivity contribution < 1.29 is 4.79 Å². The lowest BCUT2D eigenvalue weighted by Gasteiger charge is -2.31. The maximum Gasteiger partial charge on any atom is 0.257 e. The molecule has 1 aliphatic rings. The van der Waals surface area contributed by atoms with Crippen molar-refractivity contribution in [3.8, 4) is 5.69 Å². The third kappa shape index (κ3) is 3.79. The van der Waals surface area contributed by atoms with Gasteiger partial charge in [0.05, 0.1) is 17.4 Å². The normalized spacial score (nSPS) is 15.8. The Kier molecular flexibility index (Phi) is 5.08. The Hall–Kier alpha value is -2.14. The fraction of sp³-hybridized carbons (Fsp3) is 0.444. The molecular formula is C18H24N4O. The summed E-state index contributed by atoms with van der Waals surface area (Å²) in [6.07, 6.45) is 5.64. The van der Waals surface area contributed by atoms with E-state index in [0.717, 1.165) is 44.7 Å². The highest BCUT2D eigenvalue weighted by atomic mass is 16.2. The number of carbonyl (C=O) groups is 1. The summed E-state index contributed by atoms with van der Waals surface area (Å²) in [6.45, 7) is 5.88. The highest BCUT2D eigenvalue weighted by Crippen LogP contribution is 2.19. The van der Waals surface area contributed by atoms with Gasteiger partial charge in [0.2, 0.25) is 0 Å². The zero-order chi connectivity index (χ0) is 16.1. The second-order valence-corrected chi connectivity index (χ2v) is 6.05.